The summed E-state index contributed by atoms with van der Waals surface area (Å²) in [6, 6.07) is 18.8. The van der Waals surface area contributed by atoms with Crippen LogP contribution in [0.1, 0.15) is 5.56 Å². The second kappa shape index (κ2) is 9.60. The Bertz CT molecular complexity index is 1220. The molecule has 31 heavy (non-hydrogen) atoms. The van der Waals surface area contributed by atoms with E-state index in [1.54, 1.807) is 30.3 Å². The fourth-order valence-electron chi connectivity index (χ4n) is 2.98. The van der Waals surface area contributed by atoms with Crippen LogP contribution in [0.25, 0.3) is 0 Å². The van der Waals surface area contributed by atoms with Crippen LogP contribution in [0, 0.1) is 0 Å². The van der Waals surface area contributed by atoms with E-state index in [1.165, 1.54) is 23.5 Å². The van der Waals surface area contributed by atoms with Gasteiger partial charge in [-0.05, 0) is 60.2 Å². The van der Waals surface area contributed by atoms with Gasteiger partial charge in [-0.1, -0.05) is 35.3 Å². The molecule has 1 amide bonds. The molecule has 0 aliphatic carbocycles. The van der Waals surface area contributed by atoms with Gasteiger partial charge in [0.05, 0.1) is 17.0 Å². The van der Waals surface area contributed by atoms with Gasteiger partial charge in [-0.2, -0.15) is 0 Å². The van der Waals surface area contributed by atoms with Gasteiger partial charge in [0.15, 0.2) is 0 Å². The zero-order valence-electron chi connectivity index (χ0n) is 16.9. The lowest BCUT2D eigenvalue weighted by Gasteiger charge is -2.20. The van der Waals surface area contributed by atoms with E-state index in [9.17, 15) is 13.2 Å². The van der Waals surface area contributed by atoms with Crippen molar-refractivity contribution in [2.24, 2.45) is 0 Å². The standard InChI is InChI=1S/C15H13ClN2O3S.C7H8ClN/c1-18(12-4-2-3-11(16)9-12)22(20,21)13-5-6-14-10(7-13)8-15(19)17-14;1-9-7-4-2-3-6(8)5-7/h2-7,9H,8H2,1H3,(H,17,19);2-5,9H,1H3. The van der Waals surface area contributed by atoms with E-state index in [-0.39, 0.29) is 17.2 Å². The van der Waals surface area contributed by atoms with Crippen molar-refractivity contribution < 1.29 is 13.2 Å². The van der Waals surface area contributed by atoms with Crippen molar-refractivity contribution in [1.29, 1.82) is 0 Å². The molecule has 0 saturated heterocycles. The Morgan fingerprint density at radius 2 is 1.65 bits per heavy atom. The topological polar surface area (TPSA) is 78.5 Å². The molecule has 9 heteroatoms. The number of hydrogen-bond donors (Lipinski definition) is 2. The zero-order chi connectivity index (χ0) is 22.6. The SMILES string of the molecule is CN(c1cccc(Cl)c1)S(=O)(=O)c1ccc2c(c1)CC(=O)N2.CNc1cccc(Cl)c1. The van der Waals surface area contributed by atoms with Crippen LogP contribution < -0.4 is 14.9 Å². The van der Waals surface area contributed by atoms with Gasteiger partial charge in [0.1, 0.15) is 0 Å². The van der Waals surface area contributed by atoms with Gasteiger partial charge in [-0.15, -0.1) is 0 Å². The predicted octanol–water partition coefficient (Wildman–Crippen LogP) is 5.04. The summed E-state index contributed by atoms with van der Waals surface area (Å²) in [7, 11) is -0.376. The van der Waals surface area contributed by atoms with Crippen molar-refractivity contribution in [3.8, 4) is 0 Å². The van der Waals surface area contributed by atoms with Crippen molar-refractivity contribution in [3.63, 3.8) is 0 Å². The van der Waals surface area contributed by atoms with Gasteiger partial charge in [-0.3, -0.25) is 9.10 Å². The highest BCUT2D eigenvalue weighted by molar-refractivity contribution is 7.92. The Morgan fingerprint density at radius 1 is 0.968 bits per heavy atom. The van der Waals surface area contributed by atoms with Crippen LogP contribution in [-0.4, -0.2) is 28.4 Å². The number of nitrogens with zero attached hydrogens (tertiary/aromatic N) is 1. The van der Waals surface area contributed by atoms with Crippen LogP contribution >= 0.6 is 23.2 Å². The van der Waals surface area contributed by atoms with Crippen LogP contribution in [0.4, 0.5) is 17.1 Å². The number of halogens is 2. The molecule has 0 unspecified atom stereocenters. The van der Waals surface area contributed by atoms with Crippen molar-refractivity contribution in [2.75, 3.05) is 29.0 Å². The lowest BCUT2D eigenvalue weighted by molar-refractivity contribution is -0.115. The third-order valence-electron chi connectivity index (χ3n) is 4.65. The first-order valence-electron chi connectivity index (χ1n) is 9.31. The molecular weight excluding hydrogens is 457 g/mol. The summed E-state index contributed by atoms with van der Waals surface area (Å²) in [4.78, 5) is 11.5. The van der Waals surface area contributed by atoms with Crippen LogP contribution in [0.5, 0.6) is 0 Å². The van der Waals surface area contributed by atoms with Gasteiger partial charge in [0.25, 0.3) is 10.0 Å². The van der Waals surface area contributed by atoms with E-state index in [0.717, 1.165) is 10.7 Å². The maximum atomic E-state index is 12.7. The molecule has 1 heterocycles. The highest BCUT2D eigenvalue weighted by atomic mass is 35.5. The Labute approximate surface area is 191 Å². The number of carbonyl (C=O) groups excluding carboxylic acids is 1. The first-order valence-corrected chi connectivity index (χ1v) is 11.5. The zero-order valence-corrected chi connectivity index (χ0v) is 19.2. The van der Waals surface area contributed by atoms with E-state index in [1.807, 2.05) is 31.3 Å². The summed E-state index contributed by atoms with van der Waals surface area (Å²) in [5, 5.41) is 6.89. The molecule has 0 bridgehead atoms. The van der Waals surface area contributed by atoms with E-state index >= 15 is 0 Å². The summed E-state index contributed by atoms with van der Waals surface area (Å²) in [6.45, 7) is 0. The lowest BCUT2D eigenvalue weighted by atomic mass is 10.2. The summed E-state index contributed by atoms with van der Waals surface area (Å²) < 4.78 is 26.6. The minimum atomic E-state index is -3.71. The molecule has 1 aliphatic rings. The lowest BCUT2D eigenvalue weighted by Crippen LogP contribution is -2.26. The molecule has 0 spiro atoms. The molecule has 0 radical (unpaired) electrons. The number of hydrogen-bond acceptors (Lipinski definition) is 4. The number of anilines is 3. The van der Waals surface area contributed by atoms with Crippen LogP contribution in [0.2, 0.25) is 10.0 Å². The quantitative estimate of drug-likeness (QED) is 0.551. The maximum absolute atomic E-state index is 12.7. The summed E-state index contributed by atoms with van der Waals surface area (Å²) in [5.74, 6) is -0.132. The largest absolute Gasteiger partial charge is 0.388 e. The van der Waals surface area contributed by atoms with Crippen molar-refractivity contribution >= 4 is 56.2 Å². The molecule has 6 nitrogen and oxygen atoms in total. The first-order chi connectivity index (χ1) is 14.7. The molecule has 0 fully saturated rings. The minimum Gasteiger partial charge on any atom is -0.388 e. The Kier molecular flexibility index (Phi) is 7.10. The van der Waals surface area contributed by atoms with Gasteiger partial charge < -0.3 is 10.6 Å². The third kappa shape index (κ3) is 5.50. The second-order valence-corrected chi connectivity index (χ2v) is 9.60. The molecule has 0 aromatic heterocycles. The van der Waals surface area contributed by atoms with Gasteiger partial charge in [-0.25, -0.2) is 8.42 Å². The molecular formula is C22H21Cl2N3O3S. The molecule has 162 valence electrons. The summed E-state index contributed by atoms with van der Waals surface area (Å²) in [5.41, 5.74) is 2.87. The van der Waals surface area contributed by atoms with E-state index in [2.05, 4.69) is 10.6 Å². The number of carbonyl (C=O) groups is 1. The van der Waals surface area contributed by atoms with Crippen molar-refractivity contribution in [2.45, 2.75) is 11.3 Å². The Hall–Kier alpha value is -2.74. The normalized spacial score (nSPS) is 12.3. The van der Waals surface area contributed by atoms with Crippen LogP contribution in [0.3, 0.4) is 0 Å². The average Bonchev–Trinajstić information content (AvgIpc) is 3.12. The highest BCUT2D eigenvalue weighted by Crippen LogP contribution is 2.29. The molecule has 0 atom stereocenters. The number of amides is 1. The van der Waals surface area contributed by atoms with Crippen LogP contribution in [-0.2, 0) is 21.2 Å². The second-order valence-electron chi connectivity index (χ2n) is 6.76. The number of rotatable bonds is 4. The van der Waals surface area contributed by atoms with Gasteiger partial charge in [0, 0.05) is 35.5 Å². The van der Waals surface area contributed by atoms with Gasteiger partial charge >= 0.3 is 0 Å². The molecule has 4 rings (SSSR count). The number of benzene rings is 3. The molecule has 0 saturated carbocycles. The minimum absolute atomic E-state index is 0.132. The van der Waals surface area contributed by atoms with E-state index < -0.39 is 10.0 Å². The number of fused-ring (bicyclic) bond motifs is 1. The summed E-state index contributed by atoms with van der Waals surface area (Å²) in [6.07, 6.45) is 0.194. The fraction of sp³-hybridized carbons (Fsp3) is 0.136. The van der Waals surface area contributed by atoms with Crippen molar-refractivity contribution in [3.05, 3.63) is 82.3 Å². The highest BCUT2D eigenvalue weighted by Gasteiger charge is 2.25. The monoisotopic (exact) mass is 477 g/mol. The van der Waals surface area contributed by atoms with Crippen LogP contribution in [0.15, 0.2) is 71.6 Å². The smallest absolute Gasteiger partial charge is 0.264 e. The molecule has 1 aliphatic heterocycles. The summed E-state index contributed by atoms with van der Waals surface area (Å²) >= 11 is 11.6. The predicted molar refractivity (Wildman–Crippen MR) is 127 cm³/mol. The third-order valence-corrected chi connectivity index (χ3v) is 6.90. The van der Waals surface area contributed by atoms with E-state index in [0.29, 0.717) is 22.0 Å². The Morgan fingerprint density at radius 3 is 2.26 bits per heavy atom. The molecule has 2 N–H and O–H groups in total. The van der Waals surface area contributed by atoms with Gasteiger partial charge in [0.2, 0.25) is 5.91 Å². The Balaban J connectivity index is 0.000000254. The van der Waals surface area contributed by atoms with E-state index in [4.69, 9.17) is 23.2 Å². The number of nitrogens with one attached hydrogen (secondary N) is 2. The maximum Gasteiger partial charge on any atom is 0.264 e. The number of sulfonamides is 1. The van der Waals surface area contributed by atoms with Crippen molar-refractivity contribution in [1.82, 2.24) is 0 Å². The first kappa shape index (κ1) is 22.9. The average molecular weight is 478 g/mol. The molecule has 3 aromatic carbocycles. The molecule has 3 aromatic rings. The fourth-order valence-corrected chi connectivity index (χ4v) is 4.59.